The summed E-state index contributed by atoms with van der Waals surface area (Å²) in [4.78, 5) is 12.9. The molecule has 1 amide bonds. The van der Waals surface area contributed by atoms with Gasteiger partial charge in [-0.25, -0.2) is 4.39 Å². The van der Waals surface area contributed by atoms with Gasteiger partial charge < -0.3 is 9.73 Å². The lowest BCUT2D eigenvalue weighted by molar-refractivity contribution is -0.120. The minimum atomic E-state index is -0.567. The molecule has 0 saturated heterocycles. The quantitative estimate of drug-likeness (QED) is 0.442. The number of hydrogen-bond acceptors (Lipinski definition) is 5. The minimum absolute atomic E-state index is 0.113. The number of aromatic nitrogens is 3. The summed E-state index contributed by atoms with van der Waals surface area (Å²) in [5.41, 5.74) is 1.55. The molecule has 0 radical (unpaired) electrons. The van der Waals surface area contributed by atoms with Gasteiger partial charge in [0.15, 0.2) is 11.0 Å². The Kier molecular flexibility index (Phi) is 5.53. The van der Waals surface area contributed by atoms with Gasteiger partial charge in [0.1, 0.15) is 16.8 Å². The molecule has 4 rings (SSSR count). The molecule has 1 unspecified atom stereocenters. The van der Waals surface area contributed by atoms with Crippen LogP contribution in [-0.2, 0) is 11.3 Å². The highest BCUT2D eigenvalue weighted by molar-refractivity contribution is 8.00. The number of allylic oxidation sites excluding steroid dienone is 1. The van der Waals surface area contributed by atoms with Crippen molar-refractivity contribution in [3.63, 3.8) is 0 Å². The van der Waals surface area contributed by atoms with Gasteiger partial charge in [-0.2, -0.15) is 0 Å². The molecule has 8 heteroatoms. The summed E-state index contributed by atoms with van der Waals surface area (Å²) in [6.07, 6.45) is 5.34. The maximum atomic E-state index is 13.4. The third-order valence-electron chi connectivity index (χ3n) is 4.69. The van der Waals surface area contributed by atoms with E-state index in [1.54, 1.807) is 24.5 Å². The van der Waals surface area contributed by atoms with Crippen molar-refractivity contribution in [1.29, 1.82) is 0 Å². The molecule has 6 nitrogen and oxygen atoms in total. The number of amides is 1. The highest BCUT2D eigenvalue weighted by Gasteiger charge is 2.31. The fourth-order valence-electron chi connectivity index (χ4n) is 3.01. The lowest BCUT2D eigenvalue weighted by Crippen LogP contribution is -2.30. The highest BCUT2D eigenvalue weighted by atomic mass is 32.2. The smallest absolute Gasteiger partial charge is 0.238 e. The number of halogens is 1. The molecule has 2 heterocycles. The van der Waals surface area contributed by atoms with Crippen molar-refractivity contribution in [2.45, 2.75) is 42.8 Å². The van der Waals surface area contributed by atoms with Crippen LogP contribution in [0, 0.1) is 12.7 Å². The van der Waals surface area contributed by atoms with E-state index < -0.39 is 5.25 Å². The zero-order valence-corrected chi connectivity index (χ0v) is 16.8. The second-order valence-electron chi connectivity index (χ2n) is 6.93. The number of benzene rings is 1. The summed E-state index contributed by atoms with van der Waals surface area (Å²) in [5, 5.41) is 11.7. The third kappa shape index (κ3) is 4.27. The molecule has 1 aliphatic carbocycles. The number of thioether (sulfide) groups is 1. The second-order valence-corrected chi connectivity index (χ2v) is 8.00. The number of hydrogen-bond donors (Lipinski definition) is 1. The van der Waals surface area contributed by atoms with Crippen molar-refractivity contribution in [3.8, 4) is 11.4 Å². The van der Waals surface area contributed by atoms with Gasteiger partial charge in [0.2, 0.25) is 5.91 Å². The number of carbonyl (C=O) groups is 1. The fraction of sp³-hybridized carbons (Fsp3) is 0.286. The van der Waals surface area contributed by atoms with Crippen molar-refractivity contribution >= 4 is 17.7 Å². The van der Waals surface area contributed by atoms with E-state index in [1.165, 1.54) is 23.9 Å². The molecular formula is C21H21FN4O2S. The fourth-order valence-corrected chi connectivity index (χ4v) is 4.06. The van der Waals surface area contributed by atoms with Crippen LogP contribution in [0.4, 0.5) is 4.39 Å². The van der Waals surface area contributed by atoms with Crippen LogP contribution in [0.25, 0.3) is 11.4 Å². The molecule has 2 aromatic heterocycles. The maximum absolute atomic E-state index is 13.4. The van der Waals surface area contributed by atoms with E-state index in [9.17, 15) is 9.18 Å². The largest absolute Gasteiger partial charge is 0.469 e. The molecule has 1 atom stereocenters. The van der Waals surface area contributed by atoms with Gasteiger partial charge in [0.05, 0.1) is 11.8 Å². The molecule has 0 spiro atoms. The van der Waals surface area contributed by atoms with Gasteiger partial charge in [-0.05, 0) is 43.5 Å². The van der Waals surface area contributed by atoms with Crippen LogP contribution >= 0.6 is 11.8 Å². The van der Waals surface area contributed by atoms with Crippen LogP contribution in [0.1, 0.15) is 29.4 Å². The third-order valence-corrected chi connectivity index (χ3v) is 5.92. The Morgan fingerprint density at radius 1 is 1.38 bits per heavy atom. The highest BCUT2D eigenvalue weighted by Crippen LogP contribution is 2.37. The molecule has 1 saturated carbocycles. The number of furan rings is 1. The molecule has 1 N–H and O–H groups in total. The molecular weight excluding hydrogens is 391 g/mol. The summed E-state index contributed by atoms with van der Waals surface area (Å²) < 4.78 is 20.7. The maximum Gasteiger partial charge on any atom is 0.238 e. The van der Waals surface area contributed by atoms with E-state index >= 15 is 0 Å². The number of rotatable bonds is 8. The summed E-state index contributed by atoms with van der Waals surface area (Å²) in [5.74, 6) is 0.936. The van der Waals surface area contributed by atoms with Crippen molar-refractivity contribution < 1.29 is 13.6 Å². The molecule has 29 heavy (non-hydrogen) atoms. The molecule has 1 fully saturated rings. The average molecular weight is 412 g/mol. The van der Waals surface area contributed by atoms with Gasteiger partial charge in [0, 0.05) is 12.6 Å². The van der Waals surface area contributed by atoms with Crippen molar-refractivity contribution in [2.75, 3.05) is 0 Å². The molecule has 3 aromatic rings. The van der Waals surface area contributed by atoms with Crippen LogP contribution in [0.2, 0.25) is 0 Å². The van der Waals surface area contributed by atoms with Crippen molar-refractivity contribution in [2.24, 2.45) is 0 Å². The Hall–Kier alpha value is -2.87. The predicted molar refractivity (Wildman–Crippen MR) is 109 cm³/mol. The first kappa shape index (κ1) is 19.4. The standard InChI is InChI=1S/C21H21FN4O2S/c1-3-11-26-19(17-10-12-28-13(17)2)24-25-21(26)29-18(20(27)23-16-8-9-16)14-4-6-15(22)7-5-14/h3-7,10,12,16,18H,1,8-9,11H2,2H3,(H,23,27). The SMILES string of the molecule is C=CCn1c(SC(C(=O)NC2CC2)c2ccc(F)cc2)nnc1-c1ccoc1C. The molecule has 1 aliphatic rings. The van der Waals surface area contributed by atoms with E-state index in [0.717, 1.165) is 24.2 Å². The number of nitrogens with zero attached hydrogens (tertiary/aromatic N) is 3. The topological polar surface area (TPSA) is 73.0 Å². The Labute approximate surface area is 172 Å². The number of aryl methyl sites for hydroxylation is 1. The lowest BCUT2D eigenvalue weighted by atomic mass is 10.1. The lowest BCUT2D eigenvalue weighted by Gasteiger charge is -2.17. The van der Waals surface area contributed by atoms with Gasteiger partial charge in [0.25, 0.3) is 0 Å². The monoisotopic (exact) mass is 412 g/mol. The van der Waals surface area contributed by atoms with Gasteiger partial charge in [-0.3, -0.25) is 9.36 Å². The first-order valence-electron chi connectivity index (χ1n) is 9.38. The van der Waals surface area contributed by atoms with Crippen LogP contribution < -0.4 is 5.32 Å². The molecule has 150 valence electrons. The average Bonchev–Trinajstić information content (AvgIpc) is 3.29. The molecule has 0 bridgehead atoms. The second kappa shape index (κ2) is 8.24. The summed E-state index contributed by atoms with van der Waals surface area (Å²) in [6.45, 7) is 6.16. The normalized spacial score (nSPS) is 14.6. The van der Waals surface area contributed by atoms with Crippen LogP contribution in [-0.4, -0.2) is 26.7 Å². The van der Waals surface area contributed by atoms with E-state index in [-0.39, 0.29) is 17.8 Å². The Morgan fingerprint density at radius 2 is 2.14 bits per heavy atom. The van der Waals surface area contributed by atoms with E-state index in [4.69, 9.17) is 4.42 Å². The Balaban J connectivity index is 1.68. The number of nitrogens with one attached hydrogen (secondary N) is 1. The first-order valence-corrected chi connectivity index (χ1v) is 10.3. The van der Waals surface area contributed by atoms with Gasteiger partial charge in [-0.1, -0.05) is 30.0 Å². The Bertz CT molecular complexity index is 1020. The zero-order chi connectivity index (χ0) is 20.4. The van der Waals surface area contributed by atoms with Crippen LogP contribution in [0.15, 0.2) is 58.8 Å². The number of carbonyl (C=O) groups excluding carboxylic acids is 1. The van der Waals surface area contributed by atoms with E-state index in [2.05, 4.69) is 22.1 Å². The minimum Gasteiger partial charge on any atom is -0.469 e. The van der Waals surface area contributed by atoms with Crippen LogP contribution in [0.3, 0.4) is 0 Å². The zero-order valence-electron chi connectivity index (χ0n) is 16.0. The van der Waals surface area contributed by atoms with Gasteiger partial charge >= 0.3 is 0 Å². The Morgan fingerprint density at radius 3 is 2.76 bits per heavy atom. The van der Waals surface area contributed by atoms with Crippen molar-refractivity contribution in [3.05, 3.63) is 66.4 Å². The van der Waals surface area contributed by atoms with Crippen molar-refractivity contribution in [1.82, 2.24) is 20.1 Å². The van der Waals surface area contributed by atoms with Crippen LogP contribution in [0.5, 0.6) is 0 Å². The summed E-state index contributed by atoms with van der Waals surface area (Å²) in [6, 6.07) is 8.06. The molecule has 0 aliphatic heterocycles. The first-order chi connectivity index (χ1) is 14.1. The predicted octanol–water partition coefficient (Wildman–Crippen LogP) is 4.28. The summed E-state index contributed by atoms with van der Waals surface area (Å²) >= 11 is 1.29. The summed E-state index contributed by atoms with van der Waals surface area (Å²) in [7, 11) is 0. The molecule has 1 aromatic carbocycles. The van der Waals surface area contributed by atoms with Gasteiger partial charge in [-0.15, -0.1) is 16.8 Å². The van der Waals surface area contributed by atoms with E-state index in [0.29, 0.717) is 23.1 Å². The van der Waals surface area contributed by atoms with E-state index in [1.807, 2.05) is 17.6 Å².